The van der Waals surface area contributed by atoms with Gasteiger partial charge in [0.1, 0.15) is 5.82 Å². The van der Waals surface area contributed by atoms with E-state index in [0.29, 0.717) is 22.4 Å². The molecule has 1 atom stereocenters. The molecule has 0 bridgehead atoms. The molecule has 2 aliphatic rings. The second-order valence-electron chi connectivity index (χ2n) is 7.18. The number of likely N-dealkylation sites (tertiary alicyclic amines) is 1. The standard InChI is InChI=1S/C19H27ClN4O2/c20-17-11-14(8-9-18(25)23-26)12-21-19(17)22-15-5-4-10-24(13-15)16-6-2-1-3-7-16/h8-9,11-12,15-16,26H,1-7,10,13H2,(H,21,22)(H,23,25)/b9-8+/t15-/m1/s1. The molecule has 1 aliphatic carbocycles. The number of amides is 1. The first-order chi connectivity index (χ1) is 12.7. The van der Waals surface area contributed by atoms with E-state index in [1.807, 2.05) is 0 Å². The third kappa shape index (κ3) is 5.19. The minimum atomic E-state index is -0.590. The van der Waals surface area contributed by atoms with Crippen molar-refractivity contribution in [2.75, 3.05) is 18.4 Å². The van der Waals surface area contributed by atoms with Crippen molar-refractivity contribution in [1.29, 1.82) is 0 Å². The highest BCUT2D eigenvalue weighted by Crippen LogP contribution is 2.27. The average Bonchev–Trinajstić information content (AvgIpc) is 2.69. The number of pyridine rings is 1. The van der Waals surface area contributed by atoms with E-state index in [0.717, 1.165) is 19.0 Å². The van der Waals surface area contributed by atoms with Gasteiger partial charge in [0, 0.05) is 30.9 Å². The zero-order valence-corrected chi connectivity index (χ0v) is 15.7. The van der Waals surface area contributed by atoms with Crippen molar-refractivity contribution in [2.24, 2.45) is 0 Å². The first-order valence-electron chi connectivity index (χ1n) is 9.44. The highest BCUT2D eigenvalue weighted by Gasteiger charge is 2.27. The fraction of sp³-hybridized carbons (Fsp3) is 0.579. The van der Waals surface area contributed by atoms with E-state index in [9.17, 15) is 4.79 Å². The molecule has 1 saturated carbocycles. The van der Waals surface area contributed by atoms with Crippen LogP contribution in [-0.4, -0.2) is 46.2 Å². The minimum Gasteiger partial charge on any atom is -0.365 e. The highest BCUT2D eigenvalue weighted by atomic mass is 35.5. The molecule has 6 nitrogen and oxygen atoms in total. The van der Waals surface area contributed by atoms with Crippen LogP contribution in [0.1, 0.15) is 50.5 Å². The molecule has 1 saturated heterocycles. The molecule has 26 heavy (non-hydrogen) atoms. The summed E-state index contributed by atoms with van der Waals surface area (Å²) in [6.45, 7) is 2.24. The van der Waals surface area contributed by atoms with Crippen LogP contribution in [0.15, 0.2) is 18.3 Å². The molecule has 3 rings (SSSR count). The molecule has 0 aromatic carbocycles. The molecule has 0 spiro atoms. The number of carbonyl (C=O) groups excluding carboxylic acids is 1. The van der Waals surface area contributed by atoms with E-state index in [1.165, 1.54) is 51.1 Å². The summed E-state index contributed by atoms with van der Waals surface area (Å²) < 4.78 is 0. The van der Waals surface area contributed by atoms with Crippen LogP contribution in [0.2, 0.25) is 5.02 Å². The van der Waals surface area contributed by atoms with Gasteiger partial charge in [-0.25, -0.2) is 10.5 Å². The zero-order valence-electron chi connectivity index (χ0n) is 15.0. The summed E-state index contributed by atoms with van der Waals surface area (Å²) in [4.78, 5) is 18.1. The van der Waals surface area contributed by atoms with Crippen LogP contribution < -0.4 is 10.8 Å². The fourth-order valence-electron chi connectivity index (χ4n) is 3.95. The van der Waals surface area contributed by atoms with Crippen molar-refractivity contribution in [3.05, 3.63) is 28.9 Å². The Morgan fingerprint density at radius 2 is 2.08 bits per heavy atom. The SMILES string of the molecule is O=C(/C=C/c1cnc(N[C@@H]2CCCN(C3CCCCC3)C2)c(Cl)c1)NO. The number of carbonyl (C=O) groups is 1. The molecule has 0 radical (unpaired) electrons. The van der Waals surface area contributed by atoms with Crippen molar-refractivity contribution >= 4 is 29.4 Å². The third-order valence-electron chi connectivity index (χ3n) is 5.28. The number of hydroxylamine groups is 1. The minimum absolute atomic E-state index is 0.359. The quantitative estimate of drug-likeness (QED) is 0.415. The molecule has 1 amide bonds. The largest absolute Gasteiger partial charge is 0.365 e. The molecular formula is C19H27ClN4O2. The van der Waals surface area contributed by atoms with Crippen molar-refractivity contribution < 1.29 is 10.0 Å². The molecule has 1 aliphatic heterocycles. The number of hydrogen-bond donors (Lipinski definition) is 3. The van der Waals surface area contributed by atoms with E-state index in [1.54, 1.807) is 23.8 Å². The van der Waals surface area contributed by atoms with E-state index < -0.39 is 5.91 Å². The van der Waals surface area contributed by atoms with Crippen LogP contribution in [0.5, 0.6) is 0 Å². The Morgan fingerprint density at radius 3 is 2.81 bits per heavy atom. The Morgan fingerprint density at radius 1 is 1.27 bits per heavy atom. The molecule has 3 N–H and O–H groups in total. The molecule has 2 fully saturated rings. The zero-order chi connectivity index (χ0) is 18.4. The molecule has 2 heterocycles. The van der Waals surface area contributed by atoms with Gasteiger partial charge in [-0.2, -0.15) is 0 Å². The summed E-state index contributed by atoms with van der Waals surface area (Å²) in [5.41, 5.74) is 2.26. The Hall–Kier alpha value is -1.63. The van der Waals surface area contributed by atoms with Gasteiger partial charge in [-0.3, -0.25) is 14.9 Å². The Bertz CT molecular complexity index is 646. The molecule has 0 unspecified atom stereocenters. The van der Waals surface area contributed by atoms with Crippen LogP contribution in [0.4, 0.5) is 5.82 Å². The van der Waals surface area contributed by atoms with Crippen LogP contribution in [0.3, 0.4) is 0 Å². The number of hydrogen-bond acceptors (Lipinski definition) is 5. The molecular weight excluding hydrogens is 352 g/mol. The number of rotatable bonds is 5. The maximum absolute atomic E-state index is 11.0. The maximum atomic E-state index is 11.0. The second kappa shape index (κ2) is 9.35. The first-order valence-corrected chi connectivity index (χ1v) is 9.82. The van der Waals surface area contributed by atoms with Crippen molar-refractivity contribution in [3.8, 4) is 0 Å². The van der Waals surface area contributed by atoms with E-state index in [4.69, 9.17) is 16.8 Å². The van der Waals surface area contributed by atoms with Crippen molar-refractivity contribution in [1.82, 2.24) is 15.4 Å². The predicted molar refractivity (Wildman–Crippen MR) is 103 cm³/mol. The monoisotopic (exact) mass is 378 g/mol. The van der Waals surface area contributed by atoms with Gasteiger partial charge in [-0.1, -0.05) is 30.9 Å². The second-order valence-corrected chi connectivity index (χ2v) is 7.59. The lowest BCUT2D eigenvalue weighted by atomic mass is 9.92. The topological polar surface area (TPSA) is 77.5 Å². The molecule has 7 heteroatoms. The van der Waals surface area contributed by atoms with Gasteiger partial charge < -0.3 is 5.32 Å². The van der Waals surface area contributed by atoms with Gasteiger partial charge in [0.25, 0.3) is 5.91 Å². The maximum Gasteiger partial charge on any atom is 0.267 e. The van der Waals surface area contributed by atoms with Gasteiger partial charge in [-0.05, 0) is 49.9 Å². The Kier molecular flexibility index (Phi) is 6.88. The average molecular weight is 379 g/mol. The summed E-state index contributed by atoms with van der Waals surface area (Å²) in [5, 5.41) is 12.5. The van der Waals surface area contributed by atoms with Gasteiger partial charge >= 0.3 is 0 Å². The van der Waals surface area contributed by atoms with Crippen molar-refractivity contribution in [3.63, 3.8) is 0 Å². The highest BCUT2D eigenvalue weighted by molar-refractivity contribution is 6.33. The number of piperidine rings is 1. The number of nitrogens with one attached hydrogen (secondary N) is 2. The summed E-state index contributed by atoms with van der Waals surface area (Å²) >= 11 is 6.36. The number of anilines is 1. The number of nitrogens with zero attached hydrogens (tertiary/aromatic N) is 2. The Balaban J connectivity index is 1.59. The van der Waals surface area contributed by atoms with Gasteiger partial charge in [0.2, 0.25) is 0 Å². The first kappa shape index (κ1) is 19.1. The molecule has 1 aromatic heterocycles. The summed E-state index contributed by atoms with van der Waals surface area (Å²) in [6, 6.07) is 2.86. The van der Waals surface area contributed by atoms with E-state index in [2.05, 4.69) is 15.2 Å². The van der Waals surface area contributed by atoms with Crippen LogP contribution in [-0.2, 0) is 4.79 Å². The van der Waals surface area contributed by atoms with Crippen LogP contribution in [0.25, 0.3) is 6.08 Å². The fourth-order valence-corrected chi connectivity index (χ4v) is 4.18. The summed E-state index contributed by atoms with van der Waals surface area (Å²) in [6.07, 6.45) is 13.5. The summed E-state index contributed by atoms with van der Waals surface area (Å²) in [5.74, 6) is 0.0965. The van der Waals surface area contributed by atoms with Crippen molar-refractivity contribution in [2.45, 2.75) is 57.0 Å². The normalized spacial score (nSPS) is 22.5. The number of halogens is 1. The van der Waals surface area contributed by atoms with Gasteiger partial charge in [0.05, 0.1) is 5.02 Å². The Labute approximate surface area is 159 Å². The van der Waals surface area contributed by atoms with E-state index >= 15 is 0 Å². The lowest BCUT2D eigenvalue weighted by Crippen LogP contribution is -2.47. The van der Waals surface area contributed by atoms with E-state index in [-0.39, 0.29) is 0 Å². The van der Waals surface area contributed by atoms with Gasteiger partial charge in [0.15, 0.2) is 0 Å². The van der Waals surface area contributed by atoms with Crippen LogP contribution >= 0.6 is 11.6 Å². The molecule has 142 valence electrons. The summed E-state index contributed by atoms with van der Waals surface area (Å²) in [7, 11) is 0. The smallest absolute Gasteiger partial charge is 0.267 e. The van der Waals surface area contributed by atoms with Crippen LogP contribution in [0, 0.1) is 0 Å². The van der Waals surface area contributed by atoms with Gasteiger partial charge in [-0.15, -0.1) is 0 Å². The lowest BCUT2D eigenvalue weighted by Gasteiger charge is -2.40. The number of aromatic nitrogens is 1. The third-order valence-corrected chi connectivity index (χ3v) is 5.57. The molecule has 1 aromatic rings. The predicted octanol–water partition coefficient (Wildman–Crippen LogP) is 3.46. The lowest BCUT2D eigenvalue weighted by molar-refractivity contribution is -0.124.